The van der Waals surface area contributed by atoms with Crippen molar-refractivity contribution in [2.24, 2.45) is 0 Å². The van der Waals surface area contributed by atoms with Gasteiger partial charge in [0.2, 0.25) is 5.91 Å². The molecule has 1 heterocycles. The van der Waals surface area contributed by atoms with Crippen molar-refractivity contribution in [3.8, 4) is 11.5 Å². The van der Waals surface area contributed by atoms with Gasteiger partial charge in [0, 0.05) is 0 Å². The molecule has 1 amide bonds. The number of rotatable bonds is 9. The lowest BCUT2D eigenvalue weighted by Gasteiger charge is -2.11. The monoisotopic (exact) mass is 417 g/mol. The normalized spacial score (nSPS) is 11.7. The summed E-state index contributed by atoms with van der Waals surface area (Å²) in [6, 6.07) is 13.3. The largest absolute Gasteiger partial charge is 0.492 e. The zero-order valence-electron chi connectivity index (χ0n) is 15.9. The fraction of sp³-hybridized carbons (Fsp3) is 0.250. The van der Waals surface area contributed by atoms with Crippen LogP contribution in [0.15, 0.2) is 58.2 Å². The second-order valence-electron chi connectivity index (χ2n) is 5.86. The standard InChI is InChI=1S/C20H20FN3O4S/c1-3-26-17-11-7-5-9-15(17)22-18(25)12-29-20-24-23-19(28-20)13(2)27-16-10-6-4-8-14(16)21/h4-11,13H,3,12H2,1-2H3,(H,22,25)/t13-/m0/s1. The highest BCUT2D eigenvalue weighted by Gasteiger charge is 2.18. The minimum absolute atomic E-state index is 0.0741. The molecule has 0 spiro atoms. The van der Waals surface area contributed by atoms with E-state index >= 15 is 0 Å². The number of benzene rings is 2. The molecule has 3 rings (SSSR count). The van der Waals surface area contributed by atoms with Crippen molar-refractivity contribution >= 4 is 23.4 Å². The number of carbonyl (C=O) groups is 1. The molecule has 0 radical (unpaired) electrons. The molecule has 1 atom stereocenters. The van der Waals surface area contributed by atoms with Crippen LogP contribution in [0.5, 0.6) is 11.5 Å². The van der Waals surface area contributed by atoms with Crippen LogP contribution in [0.4, 0.5) is 10.1 Å². The van der Waals surface area contributed by atoms with E-state index < -0.39 is 11.9 Å². The van der Waals surface area contributed by atoms with Gasteiger partial charge in [-0.1, -0.05) is 36.0 Å². The first-order valence-corrected chi connectivity index (χ1v) is 9.94. The second-order valence-corrected chi connectivity index (χ2v) is 6.79. The zero-order valence-corrected chi connectivity index (χ0v) is 16.7. The first-order chi connectivity index (χ1) is 14.1. The molecule has 7 nitrogen and oxygen atoms in total. The topological polar surface area (TPSA) is 86.5 Å². The average Bonchev–Trinajstić information content (AvgIpc) is 3.19. The Hall–Kier alpha value is -3.07. The zero-order chi connectivity index (χ0) is 20.6. The summed E-state index contributed by atoms with van der Waals surface area (Å²) in [6.07, 6.45) is -0.638. The van der Waals surface area contributed by atoms with Gasteiger partial charge in [0.1, 0.15) is 5.75 Å². The van der Waals surface area contributed by atoms with E-state index in [0.29, 0.717) is 18.0 Å². The number of nitrogens with zero attached hydrogens (tertiary/aromatic N) is 2. The fourth-order valence-electron chi connectivity index (χ4n) is 2.39. The molecule has 0 saturated heterocycles. The van der Waals surface area contributed by atoms with Crippen molar-refractivity contribution in [2.45, 2.75) is 25.2 Å². The number of para-hydroxylation sites is 3. The van der Waals surface area contributed by atoms with Crippen LogP contribution in [-0.4, -0.2) is 28.5 Å². The third-order valence-corrected chi connectivity index (χ3v) is 4.52. The van der Waals surface area contributed by atoms with Gasteiger partial charge in [0.05, 0.1) is 18.0 Å². The molecule has 0 aliphatic heterocycles. The number of amides is 1. The lowest BCUT2D eigenvalue weighted by Crippen LogP contribution is -2.14. The number of thioether (sulfide) groups is 1. The molecule has 3 aromatic rings. The van der Waals surface area contributed by atoms with E-state index in [1.54, 1.807) is 31.2 Å². The summed E-state index contributed by atoms with van der Waals surface area (Å²) in [5.41, 5.74) is 0.595. The van der Waals surface area contributed by atoms with E-state index in [1.165, 1.54) is 12.1 Å². The van der Waals surface area contributed by atoms with Gasteiger partial charge in [-0.3, -0.25) is 4.79 Å². The molecule has 1 N–H and O–H groups in total. The van der Waals surface area contributed by atoms with E-state index in [0.717, 1.165) is 11.8 Å². The summed E-state index contributed by atoms with van der Waals surface area (Å²) < 4.78 is 30.2. The molecule has 1 aromatic heterocycles. The molecular formula is C20H20FN3O4S. The van der Waals surface area contributed by atoms with Crippen LogP contribution >= 0.6 is 11.8 Å². The Labute approximate surface area is 171 Å². The Morgan fingerprint density at radius 2 is 1.90 bits per heavy atom. The molecule has 0 aliphatic carbocycles. The van der Waals surface area contributed by atoms with Crippen molar-refractivity contribution in [3.63, 3.8) is 0 Å². The van der Waals surface area contributed by atoms with Gasteiger partial charge in [-0.05, 0) is 38.1 Å². The highest BCUT2D eigenvalue weighted by atomic mass is 32.2. The van der Waals surface area contributed by atoms with Gasteiger partial charge >= 0.3 is 0 Å². The van der Waals surface area contributed by atoms with Crippen LogP contribution in [0.1, 0.15) is 25.8 Å². The second kappa shape index (κ2) is 9.92. The van der Waals surface area contributed by atoms with Gasteiger partial charge in [-0.15, -0.1) is 10.2 Å². The van der Waals surface area contributed by atoms with Gasteiger partial charge < -0.3 is 19.2 Å². The summed E-state index contributed by atoms with van der Waals surface area (Å²) in [7, 11) is 0. The molecular weight excluding hydrogens is 397 g/mol. The minimum atomic E-state index is -0.638. The van der Waals surface area contributed by atoms with E-state index in [1.807, 2.05) is 19.1 Å². The van der Waals surface area contributed by atoms with E-state index in [4.69, 9.17) is 13.9 Å². The predicted molar refractivity (Wildman–Crippen MR) is 107 cm³/mol. The number of hydrogen-bond donors (Lipinski definition) is 1. The Morgan fingerprint density at radius 1 is 1.17 bits per heavy atom. The molecule has 9 heteroatoms. The Balaban J connectivity index is 1.54. The third kappa shape index (κ3) is 5.71. The number of anilines is 1. The quantitative estimate of drug-likeness (QED) is 0.514. The van der Waals surface area contributed by atoms with Gasteiger partial charge in [-0.2, -0.15) is 0 Å². The maximum atomic E-state index is 13.7. The first-order valence-electron chi connectivity index (χ1n) is 8.96. The Morgan fingerprint density at radius 3 is 2.66 bits per heavy atom. The summed E-state index contributed by atoms with van der Waals surface area (Å²) in [5.74, 6) is 0.255. The number of aromatic nitrogens is 2. The Kier molecular flexibility index (Phi) is 7.07. The highest BCUT2D eigenvalue weighted by Crippen LogP contribution is 2.27. The van der Waals surface area contributed by atoms with E-state index in [-0.39, 0.29) is 28.5 Å². The lowest BCUT2D eigenvalue weighted by atomic mass is 10.3. The first kappa shape index (κ1) is 20.7. The SMILES string of the molecule is CCOc1ccccc1NC(=O)CSc1nnc([C@H](C)Oc2ccccc2F)o1. The van der Waals surface area contributed by atoms with Crippen LogP contribution in [-0.2, 0) is 4.79 Å². The molecule has 0 fully saturated rings. The van der Waals surface area contributed by atoms with Gasteiger partial charge in [-0.25, -0.2) is 4.39 Å². The molecule has 0 unspecified atom stereocenters. The average molecular weight is 417 g/mol. The number of nitrogens with one attached hydrogen (secondary N) is 1. The van der Waals surface area contributed by atoms with E-state index in [2.05, 4.69) is 15.5 Å². The van der Waals surface area contributed by atoms with Crippen LogP contribution in [0, 0.1) is 5.82 Å². The maximum absolute atomic E-state index is 13.7. The predicted octanol–water partition coefficient (Wildman–Crippen LogP) is 4.48. The minimum Gasteiger partial charge on any atom is -0.492 e. The Bertz CT molecular complexity index is 966. The fourth-order valence-corrected chi connectivity index (χ4v) is 2.96. The van der Waals surface area contributed by atoms with Crippen LogP contribution < -0.4 is 14.8 Å². The molecule has 29 heavy (non-hydrogen) atoms. The van der Waals surface area contributed by atoms with Crippen LogP contribution in [0.25, 0.3) is 0 Å². The van der Waals surface area contributed by atoms with Crippen molar-refractivity contribution in [3.05, 3.63) is 60.2 Å². The van der Waals surface area contributed by atoms with Crippen molar-refractivity contribution in [1.82, 2.24) is 10.2 Å². The highest BCUT2D eigenvalue weighted by molar-refractivity contribution is 7.99. The van der Waals surface area contributed by atoms with E-state index in [9.17, 15) is 9.18 Å². The number of carbonyl (C=O) groups excluding carboxylic acids is 1. The van der Waals surface area contributed by atoms with Crippen molar-refractivity contribution in [2.75, 3.05) is 17.7 Å². The van der Waals surface area contributed by atoms with Gasteiger partial charge in [0.25, 0.3) is 11.1 Å². The number of halogens is 1. The summed E-state index contributed by atoms with van der Waals surface area (Å²) in [6.45, 7) is 4.05. The van der Waals surface area contributed by atoms with Crippen molar-refractivity contribution < 1.29 is 23.1 Å². The maximum Gasteiger partial charge on any atom is 0.277 e. The molecule has 0 bridgehead atoms. The molecule has 2 aromatic carbocycles. The van der Waals surface area contributed by atoms with Crippen LogP contribution in [0.3, 0.4) is 0 Å². The summed E-state index contributed by atoms with van der Waals surface area (Å²) in [5, 5.41) is 10.8. The number of ether oxygens (including phenoxy) is 2. The smallest absolute Gasteiger partial charge is 0.277 e. The molecule has 0 aliphatic rings. The van der Waals surface area contributed by atoms with Crippen molar-refractivity contribution in [1.29, 1.82) is 0 Å². The molecule has 152 valence electrons. The lowest BCUT2D eigenvalue weighted by molar-refractivity contribution is -0.113. The van der Waals surface area contributed by atoms with Crippen LogP contribution in [0.2, 0.25) is 0 Å². The number of hydrogen-bond acceptors (Lipinski definition) is 7. The molecule has 0 saturated carbocycles. The summed E-state index contributed by atoms with van der Waals surface area (Å²) in [4.78, 5) is 12.2. The summed E-state index contributed by atoms with van der Waals surface area (Å²) >= 11 is 1.09. The van der Waals surface area contributed by atoms with Gasteiger partial charge in [0.15, 0.2) is 17.7 Å². The third-order valence-electron chi connectivity index (χ3n) is 3.70.